The number of hydrogen-bond acceptors (Lipinski definition) is 4. The van der Waals surface area contributed by atoms with Gasteiger partial charge in [-0.25, -0.2) is 12.8 Å². The molecule has 124 valence electrons. The molecule has 1 unspecified atom stereocenters. The van der Waals surface area contributed by atoms with Gasteiger partial charge in [0.1, 0.15) is 11.9 Å². The highest BCUT2D eigenvalue weighted by atomic mass is 32.2. The number of carbonyl (C=O) groups is 1. The average molecular weight is 341 g/mol. The first kappa shape index (κ1) is 17.1. The van der Waals surface area contributed by atoms with Crippen LogP contribution >= 0.6 is 0 Å². The molecule has 0 fully saturated rings. The summed E-state index contributed by atoms with van der Waals surface area (Å²) in [7, 11) is -2.47. The molecule has 0 aliphatic carbocycles. The lowest BCUT2D eigenvalue weighted by molar-refractivity contribution is -0.138. The molecule has 1 atom stereocenters. The third-order valence-corrected chi connectivity index (χ3v) is 4.71. The Labute approximate surface area is 132 Å². The van der Waals surface area contributed by atoms with E-state index in [9.17, 15) is 22.7 Å². The zero-order valence-electron chi connectivity index (χ0n) is 12.5. The van der Waals surface area contributed by atoms with Crippen LogP contribution in [0, 0.1) is 12.7 Å². The first-order valence-electron chi connectivity index (χ1n) is 6.69. The molecule has 0 aliphatic heterocycles. The van der Waals surface area contributed by atoms with Crippen LogP contribution < -0.4 is 4.72 Å². The highest BCUT2D eigenvalue weighted by Crippen LogP contribution is 2.14. The summed E-state index contributed by atoms with van der Waals surface area (Å²) in [6, 6.07) is 2.99. The Morgan fingerprint density at radius 3 is 2.70 bits per heavy atom. The Kier molecular flexibility index (Phi) is 4.81. The first-order chi connectivity index (χ1) is 10.7. The van der Waals surface area contributed by atoms with Crippen LogP contribution in [0.4, 0.5) is 4.39 Å². The fourth-order valence-electron chi connectivity index (χ4n) is 2.14. The van der Waals surface area contributed by atoms with E-state index in [1.54, 1.807) is 20.2 Å². The number of halogens is 1. The molecule has 9 heteroatoms. The van der Waals surface area contributed by atoms with Crippen molar-refractivity contribution in [1.82, 2.24) is 14.5 Å². The van der Waals surface area contributed by atoms with Gasteiger partial charge in [-0.2, -0.15) is 9.82 Å². The van der Waals surface area contributed by atoms with Gasteiger partial charge in [-0.05, 0) is 30.7 Å². The van der Waals surface area contributed by atoms with Gasteiger partial charge in [-0.15, -0.1) is 0 Å². The van der Waals surface area contributed by atoms with Crippen LogP contribution in [0.15, 0.2) is 35.4 Å². The maximum atomic E-state index is 13.2. The molecule has 1 aromatic carbocycles. The predicted octanol–water partition coefficient (Wildman–Crippen LogP) is 0.842. The summed E-state index contributed by atoms with van der Waals surface area (Å²) in [5.74, 6) is -2.05. The highest BCUT2D eigenvalue weighted by Gasteiger charge is 2.27. The number of sulfonamides is 1. The van der Waals surface area contributed by atoms with E-state index in [1.807, 2.05) is 0 Å². The Morgan fingerprint density at radius 1 is 1.48 bits per heavy atom. The zero-order valence-corrected chi connectivity index (χ0v) is 13.3. The van der Waals surface area contributed by atoms with E-state index in [-0.39, 0.29) is 11.3 Å². The SMILES string of the molecule is Cc1nn(C)cc1CC(NS(=O)(=O)c1cccc(F)c1)C(=O)O. The van der Waals surface area contributed by atoms with E-state index in [4.69, 9.17) is 0 Å². The fourth-order valence-corrected chi connectivity index (χ4v) is 3.36. The molecular formula is C14H16FN3O4S. The summed E-state index contributed by atoms with van der Waals surface area (Å²) < 4.78 is 41.2. The van der Waals surface area contributed by atoms with Gasteiger partial charge < -0.3 is 5.11 Å². The quantitative estimate of drug-likeness (QED) is 0.811. The second-order valence-electron chi connectivity index (χ2n) is 5.09. The van der Waals surface area contributed by atoms with Gasteiger partial charge in [0.2, 0.25) is 10.0 Å². The second kappa shape index (κ2) is 6.47. The summed E-state index contributed by atoms with van der Waals surface area (Å²) in [6.07, 6.45) is 1.56. The van der Waals surface area contributed by atoms with Crippen molar-refractivity contribution in [2.75, 3.05) is 0 Å². The molecule has 0 bridgehead atoms. The maximum Gasteiger partial charge on any atom is 0.322 e. The first-order valence-corrected chi connectivity index (χ1v) is 8.17. The van der Waals surface area contributed by atoms with Crippen molar-refractivity contribution in [2.24, 2.45) is 7.05 Å². The Balaban J connectivity index is 2.25. The second-order valence-corrected chi connectivity index (χ2v) is 6.80. The summed E-state index contributed by atoms with van der Waals surface area (Å²) >= 11 is 0. The van der Waals surface area contributed by atoms with Gasteiger partial charge in [0.05, 0.1) is 10.6 Å². The lowest BCUT2D eigenvalue weighted by atomic mass is 10.1. The number of aliphatic carboxylic acids is 1. The van der Waals surface area contributed by atoms with Gasteiger partial charge >= 0.3 is 5.97 Å². The van der Waals surface area contributed by atoms with E-state index in [2.05, 4.69) is 9.82 Å². The number of carboxylic acids is 1. The molecular weight excluding hydrogens is 325 g/mol. The summed E-state index contributed by atoms with van der Waals surface area (Å²) in [5.41, 5.74) is 1.23. The van der Waals surface area contributed by atoms with E-state index in [0.717, 1.165) is 12.1 Å². The summed E-state index contributed by atoms with van der Waals surface area (Å²) in [4.78, 5) is 11.0. The van der Waals surface area contributed by atoms with Crippen LogP contribution in [-0.2, 0) is 28.3 Å². The topological polar surface area (TPSA) is 101 Å². The number of carboxylic acid groups (broad SMARTS) is 1. The number of benzene rings is 1. The van der Waals surface area contributed by atoms with Crippen molar-refractivity contribution < 1.29 is 22.7 Å². The Morgan fingerprint density at radius 2 is 2.17 bits per heavy atom. The van der Waals surface area contributed by atoms with Gasteiger partial charge in [-0.1, -0.05) is 6.07 Å². The van der Waals surface area contributed by atoms with Crippen LogP contribution in [0.5, 0.6) is 0 Å². The molecule has 1 aromatic heterocycles. The van der Waals surface area contributed by atoms with Crippen molar-refractivity contribution in [3.63, 3.8) is 0 Å². The molecule has 0 saturated heterocycles. The number of nitrogens with zero attached hydrogens (tertiary/aromatic N) is 2. The molecule has 2 rings (SSSR count). The lowest BCUT2D eigenvalue weighted by Crippen LogP contribution is -2.42. The zero-order chi connectivity index (χ0) is 17.2. The average Bonchev–Trinajstić information content (AvgIpc) is 2.76. The van der Waals surface area contributed by atoms with Crippen molar-refractivity contribution >= 4 is 16.0 Å². The molecule has 2 aromatic rings. The Hall–Kier alpha value is -2.26. The largest absolute Gasteiger partial charge is 0.480 e. The maximum absolute atomic E-state index is 13.2. The monoisotopic (exact) mass is 341 g/mol. The molecule has 1 heterocycles. The minimum Gasteiger partial charge on any atom is -0.480 e. The van der Waals surface area contributed by atoms with Gasteiger partial charge in [0, 0.05) is 19.7 Å². The van der Waals surface area contributed by atoms with Crippen LogP contribution in [0.1, 0.15) is 11.3 Å². The van der Waals surface area contributed by atoms with E-state index in [1.165, 1.54) is 16.8 Å². The standard InChI is InChI=1S/C14H16FN3O4S/c1-9-10(8-18(2)16-9)6-13(14(19)20)17-23(21,22)12-5-3-4-11(15)7-12/h3-5,7-8,13,17H,6H2,1-2H3,(H,19,20). The third-order valence-electron chi connectivity index (χ3n) is 3.24. The summed E-state index contributed by atoms with van der Waals surface area (Å²) in [6.45, 7) is 1.70. The molecule has 0 amide bonds. The van der Waals surface area contributed by atoms with E-state index >= 15 is 0 Å². The number of aryl methyl sites for hydroxylation is 2. The lowest BCUT2D eigenvalue weighted by Gasteiger charge is -2.14. The van der Waals surface area contributed by atoms with Gasteiger partial charge in [-0.3, -0.25) is 9.48 Å². The van der Waals surface area contributed by atoms with Gasteiger partial charge in [0.15, 0.2) is 0 Å². The summed E-state index contributed by atoms with van der Waals surface area (Å²) in [5, 5.41) is 13.4. The van der Waals surface area contributed by atoms with E-state index < -0.39 is 27.9 Å². The highest BCUT2D eigenvalue weighted by molar-refractivity contribution is 7.89. The molecule has 0 spiro atoms. The third kappa shape index (κ3) is 4.14. The van der Waals surface area contributed by atoms with Crippen molar-refractivity contribution in [1.29, 1.82) is 0 Å². The van der Waals surface area contributed by atoms with Crippen molar-refractivity contribution in [3.8, 4) is 0 Å². The van der Waals surface area contributed by atoms with Crippen LogP contribution in [0.2, 0.25) is 0 Å². The molecule has 0 aliphatic rings. The number of rotatable bonds is 6. The van der Waals surface area contributed by atoms with Crippen LogP contribution in [0.3, 0.4) is 0 Å². The number of nitrogens with one attached hydrogen (secondary N) is 1. The minimum atomic E-state index is -4.15. The molecule has 0 radical (unpaired) electrons. The van der Waals surface area contributed by atoms with Crippen molar-refractivity contribution in [2.45, 2.75) is 24.3 Å². The normalized spacial score (nSPS) is 13.0. The van der Waals surface area contributed by atoms with Gasteiger partial charge in [0.25, 0.3) is 0 Å². The molecule has 23 heavy (non-hydrogen) atoms. The van der Waals surface area contributed by atoms with Crippen molar-refractivity contribution in [3.05, 3.63) is 47.5 Å². The minimum absolute atomic E-state index is 0.0659. The fraction of sp³-hybridized carbons (Fsp3) is 0.286. The molecule has 0 saturated carbocycles. The predicted molar refractivity (Wildman–Crippen MR) is 79.8 cm³/mol. The number of aromatic nitrogens is 2. The van der Waals surface area contributed by atoms with Crippen LogP contribution in [0.25, 0.3) is 0 Å². The molecule has 2 N–H and O–H groups in total. The van der Waals surface area contributed by atoms with Crippen LogP contribution in [-0.4, -0.2) is 35.3 Å². The smallest absolute Gasteiger partial charge is 0.322 e. The Bertz CT molecular complexity index is 832. The number of hydrogen-bond donors (Lipinski definition) is 2. The van der Waals surface area contributed by atoms with E-state index in [0.29, 0.717) is 11.3 Å². The molecule has 7 nitrogen and oxygen atoms in total.